The highest BCUT2D eigenvalue weighted by Crippen LogP contribution is 2.29. The van der Waals surface area contributed by atoms with Crippen LogP contribution in [-0.2, 0) is 9.53 Å². The molecule has 0 radical (unpaired) electrons. The van der Waals surface area contributed by atoms with E-state index < -0.39 is 11.8 Å². The van der Waals surface area contributed by atoms with Gasteiger partial charge in [0.1, 0.15) is 30.5 Å². The Morgan fingerprint density at radius 1 is 1.07 bits per heavy atom. The minimum atomic E-state index is -0.624. The largest absolute Gasteiger partial charge is 0.489 e. The first-order chi connectivity index (χ1) is 13.6. The van der Waals surface area contributed by atoms with E-state index in [-0.39, 0.29) is 18.2 Å². The van der Waals surface area contributed by atoms with Crippen LogP contribution in [0.2, 0.25) is 0 Å². The lowest BCUT2D eigenvalue weighted by atomic mass is 10.1. The fraction of sp³-hybridized carbons (Fsp3) is 0.0909. The minimum absolute atomic E-state index is 0.0512. The van der Waals surface area contributed by atoms with Gasteiger partial charge in [-0.25, -0.2) is 14.2 Å². The average molecular weight is 379 g/mol. The number of nitrogens with zero attached hydrogens (tertiary/aromatic N) is 1. The van der Waals surface area contributed by atoms with Gasteiger partial charge in [0.15, 0.2) is 5.70 Å². The van der Waals surface area contributed by atoms with Crippen LogP contribution in [0, 0.1) is 5.82 Å². The van der Waals surface area contributed by atoms with E-state index >= 15 is 0 Å². The van der Waals surface area contributed by atoms with E-state index in [1.165, 1.54) is 18.2 Å². The standard InChI is InChI=1S/C22H18FNO4/c1-3-10-26-18-9-8-15(20(14-18)27-11-4-2)13-19-22(25)28-21(24-19)16-6-5-7-17(23)12-16/h3-9,12-14H,1-2,10-11H2/b19-13+. The Kier molecular flexibility index (Phi) is 6.01. The summed E-state index contributed by atoms with van der Waals surface area (Å²) in [6, 6.07) is 10.9. The van der Waals surface area contributed by atoms with Crippen LogP contribution >= 0.6 is 0 Å². The maximum atomic E-state index is 13.4. The summed E-state index contributed by atoms with van der Waals surface area (Å²) in [4.78, 5) is 16.4. The molecule has 0 bridgehead atoms. The van der Waals surface area contributed by atoms with Crippen molar-refractivity contribution in [2.75, 3.05) is 13.2 Å². The normalized spacial score (nSPS) is 14.4. The quantitative estimate of drug-likeness (QED) is 0.390. The Bertz CT molecular complexity index is 978. The molecule has 1 heterocycles. The predicted octanol–water partition coefficient (Wildman–Crippen LogP) is 4.30. The van der Waals surface area contributed by atoms with Crippen molar-refractivity contribution in [2.24, 2.45) is 4.99 Å². The highest BCUT2D eigenvalue weighted by atomic mass is 19.1. The van der Waals surface area contributed by atoms with Gasteiger partial charge in [0.05, 0.1) is 0 Å². The molecular formula is C22H18FNO4. The third-order valence-corrected chi connectivity index (χ3v) is 3.69. The molecule has 2 aromatic carbocycles. The molecule has 1 aliphatic rings. The summed E-state index contributed by atoms with van der Waals surface area (Å²) in [6.07, 6.45) is 4.79. The van der Waals surface area contributed by atoms with Crippen molar-refractivity contribution in [1.29, 1.82) is 0 Å². The van der Waals surface area contributed by atoms with E-state index in [2.05, 4.69) is 18.2 Å². The zero-order valence-corrected chi connectivity index (χ0v) is 15.1. The first kappa shape index (κ1) is 19.1. The third kappa shape index (κ3) is 4.54. The zero-order chi connectivity index (χ0) is 19.9. The maximum Gasteiger partial charge on any atom is 0.363 e. The highest BCUT2D eigenvalue weighted by molar-refractivity contribution is 6.12. The van der Waals surface area contributed by atoms with E-state index in [0.29, 0.717) is 29.2 Å². The Labute approximate surface area is 162 Å². The minimum Gasteiger partial charge on any atom is -0.489 e. The number of rotatable bonds is 8. The Morgan fingerprint density at radius 2 is 1.86 bits per heavy atom. The summed E-state index contributed by atoms with van der Waals surface area (Å²) in [6.45, 7) is 7.88. The third-order valence-electron chi connectivity index (χ3n) is 3.69. The number of esters is 1. The monoisotopic (exact) mass is 379 g/mol. The molecule has 2 aromatic rings. The second kappa shape index (κ2) is 8.81. The first-order valence-electron chi connectivity index (χ1n) is 8.50. The fourth-order valence-electron chi connectivity index (χ4n) is 2.45. The molecule has 1 aliphatic heterocycles. The SMILES string of the molecule is C=CCOc1ccc(/C=C2/N=C(c3cccc(F)c3)OC2=O)c(OCC=C)c1. The van der Waals surface area contributed by atoms with Crippen LogP contribution in [0.15, 0.2) is 78.5 Å². The molecule has 142 valence electrons. The molecule has 3 rings (SSSR count). The number of hydrogen-bond donors (Lipinski definition) is 0. The van der Waals surface area contributed by atoms with Crippen molar-refractivity contribution in [3.05, 3.63) is 90.4 Å². The van der Waals surface area contributed by atoms with Gasteiger partial charge >= 0.3 is 5.97 Å². The Balaban J connectivity index is 1.93. The van der Waals surface area contributed by atoms with E-state index in [1.807, 2.05) is 0 Å². The number of aliphatic imine (C=N–C) groups is 1. The van der Waals surface area contributed by atoms with Crippen molar-refractivity contribution in [3.8, 4) is 11.5 Å². The Morgan fingerprint density at radius 3 is 2.61 bits per heavy atom. The number of ether oxygens (including phenoxy) is 3. The van der Waals surface area contributed by atoms with Crippen LogP contribution in [0.3, 0.4) is 0 Å². The van der Waals surface area contributed by atoms with Crippen LogP contribution < -0.4 is 9.47 Å². The Hall–Kier alpha value is -3.67. The molecule has 28 heavy (non-hydrogen) atoms. The summed E-state index contributed by atoms with van der Waals surface area (Å²) < 4.78 is 29.7. The van der Waals surface area contributed by atoms with Gasteiger partial charge in [-0.05, 0) is 36.4 Å². The molecule has 0 aromatic heterocycles. The smallest absolute Gasteiger partial charge is 0.363 e. The van der Waals surface area contributed by atoms with Crippen LogP contribution in [0.5, 0.6) is 11.5 Å². The van der Waals surface area contributed by atoms with Crippen LogP contribution in [0.25, 0.3) is 6.08 Å². The van der Waals surface area contributed by atoms with Crippen molar-refractivity contribution < 1.29 is 23.4 Å². The predicted molar refractivity (Wildman–Crippen MR) is 105 cm³/mol. The van der Waals surface area contributed by atoms with Gasteiger partial charge in [-0.1, -0.05) is 31.4 Å². The second-order valence-corrected chi connectivity index (χ2v) is 5.75. The molecule has 0 amide bonds. The molecule has 6 heteroatoms. The highest BCUT2D eigenvalue weighted by Gasteiger charge is 2.25. The van der Waals surface area contributed by atoms with E-state index in [4.69, 9.17) is 14.2 Å². The van der Waals surface area contributed by atoms with E-state index in [9.17, 15) is 9.18 Å². The summed E-state index contributed by atoms with van der Waals surface area (Å²) in [7, 11) is 0. The lowest BCUT2D eigenvalue weighted by Crippen LogP contribution is -2.05. The number of cyclic esters (lactones) is 1. The van der Waals surface area contributed by atoms with E-state index in [0.717, 1.165) is 0 Å². The first-order valence-corrected chi connectivity index (χ1v) is 8.50. The second-order valence-electron chi connectivity index (χ2n) is 5.75. The topological polar surface area (TPSA) is 57.1 Å². The maximum absolute atomic E-state index is 13.4. The summed E-state index contributed by atoms with van der Waals surface area (Å²) >= 11 is 0. The van der Waals surface area contributed by atoms with Crippen LogP contribution in [-0.4, -0.2) is 25.1 Å². The molecule has 0 fully saturated rings. The fourth-order valence-corrected chi connectivity index (χ4v) is 2.45. The van der Waals surface area contributed by atoms with Gasteiger partial charge in [-0.2, -0.15) is 0 Å². The van der Waals surface area contributed by atoms with Crippen LogP contribution in [0.4, 0.5) is 4.39 Å². The molecule has 0 saturated carbocycles. The number of carbonyl (C=O) groups excluding carboxylic acids is 1. The number of halogens is 1. The average Bonchev–Trinajstić information content (AvgIpc) is 3.06. The summed E-state index contributed by atoms with van der Waals surface area (Å²) in [5, 5.41) is 0. The van der Waals surface area contributed by atoms with E-state index in [1.54, 1.807) is 42.5 Å². The van der Waals surface area contributed by atoms with Crippen LogP contribution in [0.1, 0.15) is 11.1 Å². The number of hydrogen-bond acceptors (Lipinski definition) is 5. The van der Waals surface area contributed by atoms with Gasteiger partial charge < -0.3 is 14.2 Å². The summed E-state index contributed by atoms with van der Waals surface area (Å²) in [5.74, 6) is 0.0790. The molecule has 0 saturated heterocycles. The zero-order valence-electron chi connectivity index (χ0n) is 15.1. The number of benzene rings is 2. The molecule has 0 aliphatic carbocycles. The molecule has 0 spiro atoms. The number of carbonyl (C=O) groups is 1. The van der Waals surface area contributed by atoms with Crippen molar-refractivity contribution in [3.63, 3.8) is 0 Å². The molecule has 0 unspecified atom stereocenters. The molecule has 0 atom stereocenters. The van der Waals surface area contributed by atoms with Gasteiger partial charge in [-0.15, -0.1) is 0 Å². The summed E-state index contributed by atoms with van der Waals surface area (Å²) in [5.41, 5.74) is 1.08. The molecule has 0 N–H and O–H groups in total. The van der Waals surface area contributed by atoms with Crippen molar-refractivity contribution in [1.82, 2.24) is 0 Å². The van der Waals surface area contributed by atoms with Crippen molar-refractivity contribution >= 4 is 17.9 Å². The molecule has 5 nitrogen and oxygen atoms in total. The van der Waals surface area contributed by atoms with Gasteiger partial charge in [0.25, 0.3) is 0 Å². The van der Waals surface area contributed by atoms with Gasteiger partial charge in [0.2, 0.25) is 5.90 Å². The van der Waals surface area contributed by atoms with Gasteiger partial charge in [0, 0.05) is 17.2 Å². The molecular weight excluding hydrogens is 361 g/mol. The van der Waals surface area contributed by atoms with Gasteiger partial charge in [-0.3, -0.25) is 0 Å². The lowest BCUT2D eigenvalue weighted by molar-refractivity contribution is -0.129. The van der Waals surface area contributed by atoms with Crippen molar-refractivity contribution in [2.45, 2.75) is 0 Å². The lowest BCUT2D eigenvalue weighted by Gasteiger charge is -2.10.